The molecule has 0 heterocycles. The molecule has 0 bridgehead atoms. The van der Waals surface area contributed by atoms with Crippen LogP contribution in [0.15, 0.2) is 42.5 Å². The quantitative estimate of drug-likeness (QED) is 0.508. The molecule has 5 nitrogen and oxygen atoms in total. The van der Waals surface area contributed by atoms with Gasteiger partial charge in [-0.1, -0.05) is 29.3 Å². The summed E-state index contributed by atoms with van der Waals surface area (Å²) in [5.74, 6) is 0.773. The summed E-state index contributed by atoms with van der Waals surface area (Å²) in [5, 5.41) is 3.67. The first-order valence-corrected chi connectivity index (χ1v) is 9.55. The second-order valence-electron chi connectivity index (χ2n) is 5.07. The molecule has 0 spiro atoms. The largest absolute Gasteiger partial charge is 0.490 e. The van der Waals surface area contributed by atoms with Crippen LogP contribution in [0.25, 0.3) is 0 Å². The second-order valence-corrected chi connectivity index (χ2v) is 6.99. The van der Waals surface area contributed by atoms with Gasteiger partial charge in [0.15, 0.2) is 5.75 Å². The number of carbonyl (C=O) groups excluding carboxylic acids is 2. The van der Waals surface area contributed by atoms with E-state index < -0.39 is 5.97 Å². The number of hydrogen-bond donors (Lipinski definition) is 1. The number of nitrogens with one attached hydrogen (secondary N) is 1. The molecule has 26 heavy (non-hydrogen) atoms. The lowest BCUT2D eigenvalue weighted by molar-refractivity contribution is -0.113. The highest BCUT2D eigenvalue weighted by atomic mass is 35.5. The molecular weight excluding hydrogens is 397 g/mol. The summed E-state index contributed by atoms with van der Waals surface area (Å²) in [5.41, 5.74) is 1.04. The number of halogens is 2. The molecule has 0 radical (unpaired) electrons. The highest BCUT2D eigenvalue weighted by molar-refractivity contribution is 7.99. The first-order chi connectivity index (χ1) is 12.5. The smallest absolute Gasteiger partial charge is 0.337 e. The topological polar surface area (TPSA) is 64.6 Å². The average molecular weight is 414 g/mol. The molecule has 2 aromatic rings. The zero-order valence-corrected chi connectivity index (χ0v) is 16.3. The van der Waals surface area contributed by atoms with Crippen LogP contribution in [0.2, 0.25) is 10.0 Å². The lowest BCUT2D eigenvalue weighted by Crippen LogP contribution is -2.15. The van der Waals surface area contributed by atoms with Crippen LogP contribution in [0.1, 0.15) is 10.4 Å². The zero-order valence-electron chi connectivity index (χ0n) is 14.0. The molecule has 1 N–H and O–H groups in total. The van der Waals surface area contributed by atoms with Crippen molar-refractivity contribution in [2.75, 3.05) is 30.5 Å². The predicted octanol–water partition coefficient (Wildman–Crippen LogP) is 4.53. The number of para-hydroxylation sites is 1. The van der Waals surface area contributed by atoms with Gasteiger partial charge in [0, 0.05) is 11.4 Å². The lowest BCUT2D eigenvalue weighted by Gasteiger charge is -2.09. The van der Waals surface area contributed by atoms with E-state index in [-0.39, 0.29) is 11.7 Å². The minimum atomic E-state index is -0.419. The normalized spacial score (nSPS) is 10.3. The van der Waals surface area contributed by atoms with E-state index in [1.54, 1.807) is 42.5 Å². The second kappa shape index (κ2) is 10.3. The number of carbonyl (C=O) groups is 2. The monoisotopic (exact) mass is 413 g/mol. The van der Waals surface area contributed by atoms with Gasteiger partial charge in [-0.3, -0.25) is 4.79 Å². The van der Waals surface area contributed by atoms with E-state index in [9.17, 15) is 9.59 Å². The number of thioether (sulfide) groups is 1. The highest BCUT2D eigenvalue weighted by Gasteiger charge is 2.08. The first-order valence-electron chi connectivity index (χ1n) is 7.64. The van der Waals surface area contributed by atoms with E-state index in [1.165, 1.54) is 18.9 Å². The number of benzene rings is 2. The van der Waals surface area contributed by atoms with Gasteiger partial charge >= 0.3 is 5.97 Å². The molecule has 138 valence electrons. The van der Waals surface area contributed by atoms with Crippen LogP contribution in [0, 0.1) is 0 Å². The molecule has 0 fully saturated rings. The summed E-state index contributed by atoms with van der Waals surface area (Å²) < 4.78 is 10.2. The molecule has 2 aromatic carbocycles. The maximum Gasteiger partial charge on any atom is 0.337 e. The molecule has 0 aliphatic rings. The van der Waals surface area contributed by atoms with Crippen molar-refractivity contribution in [3.8, 4) is 5.75 Å². The van der Waals surface area contributed by atoms with Crippen LogP contribution < -0.4 is 10.1 Å². The summed E-state index contributed by atoms with van der Waals surface area (Å²) in [4.78, 5) is 23.3. The molecule has 0 unspecified atom stereocenters. The van der Waals surface area contributed by atoms with E-state index >= 15 is 0 Å². The van der Waals surface area contributed by atoms with E-state index in [4.69, 9.17) is 27.9 Å². The number of esters is 1. The van der Waals surface area contributed by atoms with Gasteiger partial charge in [0.1, 0.15) is 0 Å². The molecule has 0 aliphatic carbocycles. The van der Waals surface area contributed by atoms with Crippen molar-refractivity contribution in [3.05, 3.63) is 58.1 Å². The van der Waals surface area contributed by atoms with Gasteiger partial charge in [-0.15, -0.1) is 11.8 Å². The third-order valence-electron chi connectivity index (χ3n) is 3.22. The van der Waals surface area contributed by atoms with Crippen LogP contribution in [-0.4, -0.2) is 37.1 Å². The lowest BCUT2D eigenvalue weighted by atomic mass is 10.2. The zero-order chi connectivity index (χ0) is 18.9. The van der Waals surface area contributed by atoms with Crippen LogP contribution in [0.5, 0.6) is 5.75 Å². The van der Waals surface area contributed by atoms with E-state index in [2.05, 4.69) is 10.1 Å². The summed E-state index contributed by atoms with van der Waals surface area (Å²) in [6.07, 6.45) is 0. The van der Waals surface area contributed by atoms with Gasteiger partial charge < -0.3 is 14.8 Å². The molecule has 0 atom stereocenters. The first kappa shape index (κ1) is 20.4. The molecule has 0 aliphatic heterocycles. The van der Waals surface area contributed by atoms with E-state index in [0.717, 1.165) is 0 Å². The average Bonchev–Trinajstić information content (AvgIpc) is 2.63. The molecular formula is C18H17Cl2NO4S. The summed E-state index contributed by atoms with van der Waals surface area (Å²) in [7, 11) is 1.32. The van der Waals surface area contributed by atoms with Crippen molar-refractivity contribution in [2.45, 2.75) is 0 Å². The van der Waals surface area contributed by atoms with Gasteiger partial charge in [-0.2, -0.15) is 0 Å². The number of rotatable bonds is 8. The Bertz CT molecular complexity index is 748. The van der Waals surface area contributed by atoms with Crippen molar-refractivity contribution >= 4 is 52.5 Å². The predicted molar refractivity (Wildman–Crippen MR) is 106 cm³/mol. The maximum absolute atomic E-state index is 11.9. The van der Waals surface area contributed by atoms with Crippen LogP contribution in [0.3, 0.4) is 0 Å². The van der Waals surface area contributed by atoms with Crippen molar-refractivity contribution < 1.29 is 19.1 Å². The van der Waals surface area contributed by atoms with Gasteiger partial charge in [0.2, 0.25) is 5.91 Å². The Kier molecular flexibility index (Phi) is 8.09. The SMILES string of the molecule is COC(=O)c1ccc(NC(=O)CSCCOc2c(Cl)cccc2Cl)cc1. The number of ether oxygens (including phenoxy) is 2. The van der Waals surface area contributed by atoms with Gasteiger partial charge in [0.25, 0.3) is 0 Å². The third kappa shape index (κ3) is 6.12. The van der Waals surface area contributed by atoms with Crippen LogP contribution in [0.4, 0.5) is 5.69 Å². The van der Waals surface area contributed by atoms with Crippen molar-refractivity contribution in [3.63, 3.8) is 0 Å². The number of anilines is 1. The minimum Gasteiger partial charge on any atom is -0.490 e. The maximum atomic E-state index is 11.9. The molecule has 2 rings (SSSR count). The molecule has 1 amide bonds. The van der Waals surface area contributed by atoms with Crippen LogP contribution >= 0.6 is 35.0 Å². The Labute approximate surface area is 166 Å². The highest BCUT2D eigenvalue weighted by Crippen LogP contribution is 2.32. The fraction of sp³-hybridized carbons (Fsp3) is 0.222. The molecule has 8 heteroatoms. The van der Waals surface area contributed by atoms with E-state index in [1.807, 2.05) is 0 Å². The number of methoxy groups -OCH3 is 1. The Balaban J connectivity index is 1.70. The fourth-order valence-electron chi connectivity index (χ4n) is 1.99. The van der Waals surface area contributed by atoms with Crippen molar-refractivity contribution in [1.82, 2.24) is 0 Å². The Morgan fingerprint density at radius 3 is 2.35 bits per heavy atom. The minimum absolute atomic E-state index is 0.142. The van der Waals surface area contributed by atoms with Crippen LogP contribution in [-0.2, 0) is 9.53 Å². The standard InChI is InChI=1S/C18H17Cl2NO4S/c1-24-18(23)12-5-7-13(8-6-12)21-16(22)11-26-10-9-25-17-14(19)3-2-4-15(17)20/h2-8H,9-11H2,1H3,(H,21,22). The van der Waals surface area contributed by atoms with Gasteiger partial charge in [-0.25, -0.2) is 4.79 Å². The van der Waals surface area contributed by atoms with Gasteiger partial charge in [0.05, 0.1) is 35.1 Å². The van der Waals surface area contributed by atoms with E-state index in [0.29, 0.717) is 39.4 Å². The Morgan fingerprint density at radius 1 is 1.08 bits per heavy atom. The fourth-order valence-corrected chi connectivity index (χ4v) is 3.10. The molecule has 0 aromatic heterocycles. The number of amides is 1. The summed E-state index contributed by atoms with van der Waals surface area (Å²) >= 11 is 13.5. The van der Waals surface area contributed by atoms with Crippen molar-refractivity contribution in [2.24, 2.45) is 0 Å². The summed E-state index contributed by atoms with van der Waals surface area (Å²) in [6.45, 7) is 0.384. The summed E-state index contributed by atoms with van der Waals surface area (Å²) in [6, 6.07) is 11.6. The van der Waals surface area contributed by atoms with Gasteiger partial charge in [-0.05, 0) is 36.4 Å². The Morgan fingerprint density at radius 2 is 1.73 bits per heavy atom. The Hall–Kier alpha value is -1.89. The number of hydrogen-bond acceptors (Lipinski definition) is 5. The molecule has 0 saturated carbocycles. The third-order valence-corrected chi connectivity index (χ3v) is 4.73. The van der Waals surface area contributed by atoms with Crippen molar-refractivity contribution in [1.29, 1.82) is 0 Å². The molecule has 0 saturated heterocycles.